The lowest BCUT2D eigenvalue weighted by Crippen LogP contribution is -2.61. The van der Waals surface area contributed by atoms with Crippen LogP contribution in [0.3, 0.4) is 0 Å². The van der Waals surface area contributed by atoms with Crippen molar-refractivity contribution in [1.82, 2.24) is 0 Å². The number of aliphatic hydroxyl groups excluding tert-OH is 1. The van der Waals surface area contributed by atoms with Gasteiger partial charge >= 0.3 is 0 Å². The summed E-state index contributed by atoms with van der Waals surface area (Å²) in [5.74, 6) is 5.16. The molecule has 31 heavy (non-hydrogen) atoms. The zero-order valence-electron chi connectivity index (χ0n) is 22.3. The third-order valence-electron chi connectivity index (χ3n) is 12.6. The van der Waals surface area contributed by atoms with Crippen LogP contribution in [0.2, 0.25) is 0 Å². The van der Waals surface area contributed by atoms with E-state index >= 15 is 0 Å². The van der Waals surface area contributed by atoms with Crippen LogP contribution in [0.25, 0.3) is 0 Å². The van der Waals surface area contributed by atoms with Crippen molar-refractivity contribution in [2.75, 3.05) is 0 Å². The number of fused-ring (bicyclic) bond motifs is 5. The lowest BCUT2D eigenvalue weighted by Gasteiger charge is -2.67. The maximum Gasteiger partial charge on any atom is 0.0594 e. The molecule has 4 aliphatic rings. The van der Waals surface area contributed by atoms with Gasteiger partial charge in [-0.3, -0.25) is 0 Å². The molecule has 4 aliphatic carbocycles. The van der Waals surface area contributed by atoms with E-state index in [0.717, 1.165) is 36.0 Å². The maximum absolute atomic E-state index is 10.8. The second kappa shape index (κ2) is 8.02. The lowest BCUT2D eigenvalue weighted by atomic mass is 9.38. The van der Waals surface area contributed by atoms with Gasteiger partial charge in [0, 0.05) is 0 Å². The van der Waals surface area contributed by atoms with Gasteiger partial charge in [-0.1, -0.05) is 74.7 Å². The van der Waals surface area contributed by atoms with Crippen molar-refractivity contribution in [2.45, 2.75) is 132 Å². The molecule has 0 radical (unpaired) electrons. The molecule has 1 heteroatoms. The first-order valence-corrected chi connectivity index (χ1v) is 14.1. The van der Waals surface area contributed by atoms with Gasteiger partial charge in [0.1, 0.15) is 0 Å². The Kier molecular flexibility index (Phi) is 6.24. The molecule has 0 aromatic rings. The third-order valence-corrected chi connectivity index (χ3v) is 12.6. The van der Waals surface area contributed by atoms with E-state index in [2.05, 4.69) is 55.4 Å². The number of hydrogen-bond donors (Lipinski definition) is 1. The van der Waals surface area contributed by atoms with Crippen molar-refractivity contribution in [3.8, 4) is 0 Å². The second-order valence-electron chi connectivity index (χ2n) is 14.5. The summed E-state index contributed by atoms with van der Waals surface area (Å²) in [5.41, 5.74) is 1.60. The van der Waals surface area contributed by atoms with E-state index in [1.165, 1.54) is 64.2 Å². The van der Waals surface area contributed by atoms with Gasteiger partial charge in [-0.2, -0.15) is 0 Å². The van der Waals surface area contributed by atoms with Crippen molar-refractivity contribution in [3.05, 3.63) is 0 Å². The van der Waals surface area contributed by atoms with E-state index in [4.69, 9.17) is 0 Å². The van der Waals surface area contributed by atoms with Crippen LogP contribution >= 0.6 is 0 Å². The first-order chi connectivity index (χ1) is 14.4. The Morgan fingerprint density at radius 3 is 2.10 bits per heavy atom. The molecule has 0 bridgehead atoms. The van der Waals surface area contributed by atoms with Crippen LogP contribution in [-0.2, 0) is 0 Å². The first kappa shape index (κ1) is 24.1. The molecular weight excluding hydrogens is 376 g/mol. The van der Waals surface area contributed by atoms with Gasteiger partial charge in [-0.25, -0.2) is 0 Å². The molecule has 4 saturated carbocycles. The molecule has 0 amide bonds. The lowest BCUT2D eigenvalue weighted by molar-refractivity contribution is -0.200. The van der Waals surface area contributed by atoms with Gasteiger partial charge < -0.3 is 5.11 Å². The third kappa shape index (κ3) is 3.49. The molecule has 0 aromatic heterocycles. The zero-order chi connectivity index (χ0) is 22.8. The molecule has 1 N–H and O–H groups in total. The van der Waals surface area contributed by atoms with Crippen LogP contribution in [0, 0.1) is 57.2 Å². The average Bonchev–Trinajstić information content (AvgIpc) is 2.96. The second-order valence-corrected chi connectivity index (χ2v) is 14.5. The molecule has 0 aliphatic heterocycles. The molecule has 0 unspecified atom stereocenters. The van der Waals surface area contributed by atoms with E-state index in [9.17, 15) is 5.11 Å². The molecule has 4 fully saturated rings. The fraction of sp³-hybridized carbons (Fsp3) is 1.00. The number of hydrogen-bond acceptors (Lipinski definition) is 1. The Morgan fingerprint density at radius 2 is 1.42 bits per heavy atom. The zero-order valence-corrected chi connectivity index (χ0v) is 22.3. The van der Waals surface area contributed by atoms with Crippen molar-refractivity contribution in [1.29, 1.82) is 0 Å². The highest BCUT2D eigenvalue weighted by atomic mass is 16.3. The highest BCUT2D eigenvalue weighted by Crippen LogP contribution is 2.74. The predicted octanol–water partition coefficient (Wildman–Crippen LogP) is 8.49. The molecule has 4 rings (SSSR count). The van der Waals surface area contributed by atoms with Crippen molar-refractivity contribution in [2.24, 2.45) is 57.2 Å². The van der Waals surface area contributed by atoms with Crippen LogP contribution in [0.1, 0.15) is 126 Å². The van der Waals surface area contributed by atoms with Gasteiger partial charge in [-0.05, 0) is 109 Å². The van der Waals surface area contributed by atoms with E-state index in [-0.39, 0.29) is 11.5 Å². The summed E-state index contributed by atoms with van der Waals surface area (Å²) in [6.07, 6.45) is 15.0. The molecule has 0 aromatic carbocycles. The van der Waals surface area contributed by atoms with E-state index in [1.54, 1.807) is 0 Å². The largest absolute Gasteiger partial charge is 0.393 e. The fourth-order valence-electron chi connectivity index (χ4n) is 10.5. The van der Waals surface area contributed by atoms with E-state index < -0.39 is 0 Å². The topological polar surface area (TPSA) is 20.2 Å². The van der Waals surface area contributed by atoms with E-state index in [0.29, 0.717) is 22.2 Å². The Hall–Kier alpha value is -0.0400. The molecule has 0 saturated heterocycles. The van der Waals surface area contributed by atoms with Crippen LogP contribution < -0.4 is 0 Å². The minimum absolute atomic E-state index is 0.0861. The molecular formula is C30H54O. The monoisotopic (exact) mass is 430 g/mol. The van der Waals surface area contributed by atoms with Crippen molar-refractivity contribution >= 4 is 0 Å². The maximum atomic E-state index is 10.8. The Bertz CT molecular complexity index is 651. The minimum atomic E-state index is -0.103. The molecule has 180 valence electrons. The smallest absolute Gasteiger partial charge is 0.0594 e. The molecule has 0 spiro atoms. The highest BCUT2D eigenvalue weighted by molar-refractivity contribution is 5.16. The van der Waals surface area contributed by atoms with E-state index in [1.807, 2.05) is 0 Å². The summed E-state index contributed by atoms with van der Waals surface area (Å²) >= 11 is 0. The Balaban J connectivity index is 1.56. The predicted molar refractivity (Wildman–Crippen MR) is 133 cm³/mol. The summed E-state index contributed by atoms with van der Waals surface area (Å²) in [6.45, 7) is 20.2. The Labute approximate surface area is 194 Å². The fourth-order valence-corrected chi connectivity index (χ4v) is 10.5. The van der Waals surface area contributed by atoms with Crippen LogP contribution in [0.15, 0.2) is 0 Å². The standard InChI is InChI=1S/C30H54O/c1-20(2)10-9-11-21(3)22-14-18-30(8)24-12-13-25-27(4,5)26(31)16-17-28(25,6)23(24)15-19-29(22,30)7/h20-26,31H,9-19H2,1-8H3/t21-,22-,23+,24-,25+,26+,28-,29-,30+/m1/s1. The number of aliphatic hydroxyl groups is 1. The molecule has 1 nitrogen and oxygen atoms in total. The normalized spacial score (nSPS) is 49.9. The average molecular weight is 431 g/mol. The van der Waals surface area contributed by atoms with Crippen molar-refractivity contribution in [3.63, 3.8) is 0 Å². The van der Waals surface area contributed by atoms with Gasteiger partial charge in [-0.15, -0.1) is 0 Å². The Morgan fingerprint density at radius 1 is 0.742 bits per heavy atom. The summed E-state index contributed by atoms with van der Waals surface area (Å²) in [7, 11) is 0. The summed E-state index contributed by atoms with van der Waals surface area (Å²) in [4.78, 5) is 0. The first-order valence-electron chi connectivity index (χ1n) is 14.1. The number of rotatable bonds is 5. The van der Waals surface area contributed by atoms with Crippen molar-refractivity contribution < 1.29 is 5.11 Å². The van der Waals surface area contributed by atoms with Crippen LogP contribution in [0.5, 0.6) is 0 Å². The minimum Gasteiger partial charge on any atom is -0.393 e. The SMILES string of the molecule is CC(C)CCC[C@@H](C)[C@H]1CC[C@@]2(C)[C@@H]3CC[C@H]4C(C)(C)[C@@H](O)CC[C@]4(C)[C@H]3CC[C@]12C. The summed E-state index contributed by atoms with van der Waals surface area (Å²) in [5, 5.41) is 10.8. The van der Waals surface area contributed by atoms with Crippen LogP contribution in [-0.4, -0.2) is 11.2 Å². The summed E-state index contributed by atoms with van der Waals surface area (Å²) in [6, 6.07) is 0. The van der Waals surface area contributed by atoms with Gasteiger partial charge in [0.25, 0.3) is 0 Å². The van der Waals surface area contributed by atoms with Crippen LogP contribution in [0.4, 0.5) is 0 Å². The summed E-state index contributed by atoms with van der Waals surface area (Å²) < 4.78 is 0. The quantitative estimate of drug-likeness (QED) is 0.463. The van der Waals surface area contributed by atoms with Gasteiger partial charge in [0.2, 0.25) is 0 Å². The molecule has 0 heterocycles. The van der Waals surface area contributed by atoms with Gasteiger partial charge in [0.15, 0.2) is 0 Å². The highest BCUT2D eigenvalue weighted by Gasteiger charge is 2.67. The van der Waals surface area contributed by atoms with Gasteiger partial charge in [0.05, 0.1) is 6.10 Å². The molecule has 9 atom stereocenters.